The van der Waals surface area contributed by atoms with Crippen LogP contribution in [0.15, 0.2) is 18.2 Å². The normalized spacial score (nSPS) is 13.3. The van der Waals surface area contributed by atoms with E-state index in [0.29, 0.717) is 5.92 Å². The van der Waals surface area contributed by atoms with E-state index in [0.717, 1.165) is 6.42 Å². The Morgan fingerprint density at radius 1 is 1.21 bits per heavy atom. The lowest BCUT2D eigenvalue weighted by molar-refractivity contribution is 0.508. The summed E-state index contributed by atoms with van der Waals surface area (Å²) in [5, 5.41) is 0. The van der Waals surface area contributed by atoms with E-state index >= 15 is 0 Å². The summed E-state index contributed by atoms with van der Waals surface area (Å²) in [6.07, 6.45) is 1.06. The molecule has 0 aromatic heterocycles. The van der Waals surface area contributed by atoms with Gasteiger partial charge in [-0.05, 0) is 37.3 Å². The Hall–Kier alpha value is -0.820. The smallest absolute Gasteiger partial charge is 0.0299 e. The van der Waals surface area contributed by atoms with Crippen molar-refractivity contribution in [2.75, 3.05) is 0 Å². The van der Waals surface area contributed by atoms with Crippen LogP contribution in [0.3, 0.4) is 0 Å². The van der Waals surface area contributed by atoms with Gasteiger partial charge in [0.1, 0.15) is 0 Å². The van der Waals surface area contributed by atoms with Gasteiger partial charge in [-0.25, -0.2) is 0 Å². The Kier molecular flexibility index (Phi) is 3.70. The number of benzene rings is 1. The molecule has 14 heavy (non-hydrogen) atoms. The lowest BCUT2D eigenvalue weighted by Crippen LogP contribution is -2.14. The monoisotopic (exact) mass is 191 g/mol. The van der Waals surface area contributed by atoms with Gasteiger partial charge in [-0.1, -0.05) is 37.6 Å². The Bertz CT molecular complexity index is 302. The zero-order valence-electron chi connectivity index (χ0n) is 9.67. The SMILES string of the molecule is Cc1ccc([C@@H](N)CC(C)C)c(C)c1. The van der Waals surface area contributed by atoms with Gasteiger partial charge in [0.05, 0.1) is 0 Å². The summed E-state index contributed by atoms with van der Waals surface area (Å²) in [6, 6.07) is 6.70. The number of hydrogen-bond acceptors (Lipinski definition) is 1. The highest BCUT2D eigenvalue weighted by molar-refractivity contribution is 5.32. The lowest BCUT2D eigenvalue weighted by atomic mass is 9.94. The summed E-state index contributed by atoms with van der Waals surface area (Å²) >= 11 is 0. The minimum Gasteiger partial charge on any atom is -0.324 e. The maximum atomic E-state index is 6.15. The summed E-state index contributed by atoms with van der Waals surface area (Å²) in [5.74, 6) is 0.658. The maximum Gasteiger partial charge on any atom is 0.0299 e. The average molecular weight is 191 g/mol. The first kappa shape index (κ1) is 11.3. The third-order valence-corrected chi connectivity index (χ3v) is 2.55. The molecule has 0 heterocycles. The van der Waals surface area contributed by atoms with Gasteiger partial charge in [0, 0.05) is 6.04 Å². The molecule has 78 valence electrons. The van der Waals surface area contributed by atoms with Gasteiger partial charge in [0.2, 0.25) is 0 Å². The second-order valence-electron chi connectivity index (χ2n) is 4.60. The van der Waals surface area contributed by atoms with Crippen molar-refractivity contribution in [3.05, 3.63) is 34.9 Å². The summed E-state index contributed by atoms with van der Waals surface area (Å²) in [5.41, 5.74) is 10.1. The molecule has 0 radical (unpaired) electrons. The van der Waals surface area contributed by atoms with E-state index in [2.05, 4.69) is 45.9 Å². The first-order valence-corrected chi connectivity index (χ1v) is 5.33. The Balaban J connectivity index is 2.84. The molecule has 0 unspecified atom stereocenters. The van der Waals surface area contributed by atoms with Gasteiger partial charge in [-0.3, -0.25) is 0 Å². The molecule has 0 aliphatic carbocycles. The largest absolute Gasteiger partial charge is 0.324 e. The van der Waals surface area contributed by atoms with Crippen molar-refractivity contribution in [1.29, 1.82) is 0 Å². The molecule has 0 saturated carbocycles. The van der Waals surface area contributed by atoms with Gasteiger partial charge >= 0.3 is 0 Å². The molecule has 1 atom stereocenters. The number of aryl methyl sites for hydroxylation is 2. The third kappa shape index (κ3) is 2.85. The molecule has 0 bridgehead atoms. The third-order valence-electron chi connectivity index (χ3n) is 2.55. The minimum atomic E-state index is 0.190. The van der Waals surface area contributed by atoms with Crippen molar-refractivity contribution >= 4 is 0 Å². The number of nitrogens with two attached hydrogens (primary N) is 1. The van der Waals surface area contributed by atoms with E-state index in [-0.39, 0.29) is 6.04 Å². The fourth-order valence-electron chi connectivity index (χ4n) is 1.88. The highest BCUT2D eigenvalue weighted by atomic mass is 14.6. The van der Waals surface area contributed by atoms with Crippen molar-refractivity contribution in [2.24, 2.45) is 11.7 Å². The molecule has 1 heteroatoms. The molecule has 0 amide bonds. The van der Waals surface area contributed by atoms with Crippen molar-refractivity contribution in [1.82, 2.24) is 0 Å². The summed E-state index contributed by atoms with van der Waals surface area (Å²) in [6.45, 7) is 8.68. The molecule has 0 fully saturated rings. The molecular formula is C13H21N. The molecule has 2 N–H and O–H groups in total. The van der Waals surface area contributed by atoms with Crippen LogP contribution < -0.4 is 5.73 Å². The van der Waals surface area contributed by atoms with Gasteiger partial charge in [-0.15, -0.1) is 0 Å². The fourth-order valence-corrected chi connectivity index (χ4v) is 1.88. The van der Waals surface area contributed by atoms with Crippen LogP contribution in [-0.2, 0) is 0 Å². The van der Waals surface area contributed by atoms with Gasteiger partial charge < -0.3 is 5.73 Å². The van der Waals surface area contributed by atoms with E-state index in [1.807, 2.05) is 0 Å². The van der Waals surface area contributed by atoms with Gasteiger partial charge in [0.15, 0.2) is 0 Å². The molecule has 1 aromatic carbocycles. The number of hydrogen-bond donors (Lipinski definition) is 1. The summed E-state index contributed by atoms with van der Waals surface area (Å²) in [4.78, 5) is 0. The second kappa shape index (κ2) is 4.61. The predicted octanol–water partition coefficient (Wildman–Crippen LogP) is 3.35. The first-order valence-electron chi connectivity index (χ1n) is 5.33. The zero-order valence-corrected chi connectivity index (χ0v) is 9.67. The van der Waals surface area contributed by atoms with Crippen molar-refractivity contribution in [3.63, 3.8) is 0 Å². The standard InChI is InChI=1S/C13H21N/c1-9(2)7-13(14)12-6-5-10(3)8-11(12)4/h5-6,8-9,13H,7,14H2,1-4H3/t13-/m0/s1. The van der Waals surface area contributed by atoms with E-state index < -0.39 is 0 Å². The second-order valence-corrected chi connectivity index (χ2v) is 4.60. The van der Waals surface area contributed by atoms with Crippen molar-refractivity contribution in [3.8, 4) is 0 Å². The fraction of sp³-hybridized carbons (Fsp3) is 0.538. The minimum absolute atomic E-state index is 0.190. The zero-order chi connectivity index (χ0) is 10.7. The Labute approximate surface area is 87.3 Å². The van der Waals surface area contributed by atoms with Crippen molar-refractivity contribution in [2.45, 2.75) is 40.2 Å². The molecule has 0 saturated heterocycles. The first-order chi connectivity index (χ1) is 6.50. The van der Waals surface area contributed by atoms with E-state index in [4.69, 9.17) is 5.73 Å². The molecule has 1 nitrogen and oxygen atoms in total. The van der Waals surface area contributed by atoms with Crippen LogP contribution in [0.2, 0.25) is 0 Å². The summed E-state index contributed by atoms with van der Waals surface area (Å²) in [7, 11) is 0. The lowest BCUT2D eigenvalue weighted by Gasteiger charge is -2.17. The molecule has 1 rings (SSSR count). The van der Waals surface area contributed by atoms with Crippen LogP contribution in [0.5, 0.6) is 0 Å². The maximum absolute atomic E-state index is 6.15. The van der Waals surface area contributed by atoms with Crippen LogP contribution in [0, 0.1) is 19.8 Å². The molecule has 0 aliphatic rings. The molecule has 1 aromatic rings. The summed E-state index contributed by atoms with van der Waals surface area (Å²) < 4.78 is 0. The van der Waals surface area contributed by atoms with Crippen LogP contribution in [0.25, 0.3) is 0 Å². The highest BCUT2D eigenvalue weighted by Crippen LogP contribution is 2.22. The van der Waals surface area contributed by atoms with E-state index in [1.54, 1.807) is 0 Å². The van der Waals surface area contributed by atoms with Crippen LogP contribution in [0.1, 0.15) is 43.0 Å². The quantitative estimate of drug-likeness (QED) is 0.779. The van der Waals surface area contributed by atoms with E-state index in [1.165, 1.54) is 16.7 Å². The number of rotatable bonds is 3. The topological polar surface area (TPSA) is 26.0 Å². The average Bonchev–Trinajstić information content (AvgIpc) is 2.01. The van der Waals surface area contributed by atoms with E-state index in [9.17, 15) is 0 Å². The highest BCUT2D eigenvalue weighted by Gasteiger charge is 2.10. The van der Waals surface area contributed by atoms with Gasteiger partial charge in [0.25, 0.3) is 0 Å². The van der Waals surface area contributed by atoms with Gasteiger partial charge in [-0.2, -0.15) is 0 Å². The molecule has 0 spiro atoms. The predicted molar refractivity (Wildman–Crippen MR) is 62.3 cm³/mol. The molecule has 0 aliphatic heterocycles. The molecular weight excluding hydrogens is 170 g/mol. The Morgan fingerprint density at radius 2 is 1.86 bits per heavy atom. The Morgan fingerprint density at radius 3 is 2.36 bits per heavy atom. The van der Waals surface area contributed by atoms with Crippen LogP contribution in [0.4, 0.5) is 0 Å². The van der Waals surface area contributed by atoms with Crippen LogP contribution in [-0.4, -0.2) is 0 Å². The van der Waals surface area contributed by atoms with Crippen LogP contribution >= 0.6 is 0 Å². The van der Waals surface area contributed by atoms with Crippen molar-refractivity contribution < 1.29 is 0 Å².